The van der Waals surface area contributed by atoms with Crippen LogP contribution in [0.4, 0.5) is 15.8 Å². The van der Waals surface area contributed by atoms with Crippen molar-refractivity contribution in [1.82, 2.24) is 0 Å². The molecule has 154 valence electrons. The minimum atomic E-state index is -0.793. The second-order valence-corrected chi connectivity index (χ2v) is 6.15. The van der Waals surface area contributed by atoms with E-state index in [0.717, 1.165) is 6.07 Å². The Morgan fingerprint density at radius 1 is 1.34 bits per heavy atom. The predicted octanol–water partition coefficient (Wildman–Crippen LogP) is 3.02. The number of fused-ring (bicyclic) bond motifs is 1. The number of nitrogens with one attached hydrogen (secondary N) is 1. The van der Waals surface area contributed by atoms with E-state index >= 15 is 0 Å². The summed E-state index contributed by atoms with van der Waals surface area (Å²) >= 11 is 0. The monoisotopic (exact) mass is 406 g/mol. The standard InChI is InChI=1S/C19H19FN2O7/c1-26-5-4-21-17-3-2-15(22(24)25)8-16(17)19(23)28-10-13-7-14(20)6-12-9-27-11-29-18(12)13/h2-3,6-8,21H,4-5,9-11H2,1H3. The lowest BCUT2D eigenvalue weighted by Crippen LogP contribution is -2.16. The molecular formula is C19H19FN2O7. The van der Waals surface area contributed by atoms with Crippen LogP contribution in [0.3, 0.4) is 0 Å². The Hall–Kier alpha value is -3.24. The van der Waals surface area contributed by atoms with Crippen LogP contribution in [0.2, 0.25) is 0 Å². The zero-order valence-electron chi connectivity index (χ0n) is 15.6. The van der Waals surface area contributed by atoms with Crippen LogP contribution in [0.1, 0.15) is 21.5 Å². The number of hydrogen-bond donors (Lipinski definition) is 1. The Balaban J connectivity index is 1.80. The van der Waals surface area contributed by atoms with Crippen LogP contribution in [0, 0.1) is 15.9 Å². The molecule has 0 spiro atoms. The molecule has 3 rings (SSSR count). The van der Waals surface area contributed by atoms with Crippen molar-refractivity contribution in [1.29, 1.82) is 0 Å². The molecular weight excluding hydrogens is 387 g/mol. The molecule has 2 aromatic rings. The van der Waals surface area contributed by atoms with Gasteiger partial charge in [-0.1, -0.05) is 0 Å². The van der Waals surface area contributed by atoms with E-state index < -0.39 is 16.7 Å². The lowest BCUT2D eigenvalue weighted by Gasteiger charge is -2.20. The first kappa shape index (κ1) is 20.5. The molecule has 1 aliphatic heterocycles. The van der Waals surface area contributed by atoms with Gasteiger partial charge in [0.25, 0.3) is 5.69 Å². The maximum Gasteiger partial charge on any atom is 0.340 e. The molecule has 9 nitrogen and oxygen atoms in total. The Kier molecular flexibility index (Phi) is 6.57. The molecule has 0 aromatic heterocycles. The van der Waals surface area contributed by atoms with Crippen LogP contribution in [-0.4, -0.2) is 37.9 Å². The van der Waals surface area contributed by atoms with Gasteiger partial charge in [0.1, 0.15) is 18.2 Å². The number of rotatable bonds is 8. The number of nitro benzene ring substituents is 1. The van der Waals surface area contributed by atoms with Gasteiger partial charge in [-0.25, -0.2) is 9.18 Å². The van der Waals surface area contributed by atoms with Gasteiger partial charge in [-0.3, -0.25) is 10.1 Å². The van der Waals surface area contributed by atoms with E-state index in [4.69, 9.17) is 18.9 Å². The van der Waals surface area contributed by atoms with Gasteiger partial charge in [0.2, 0.25) is 0 Å². The van der Waals surface area contributed by atoms with E-state index in [-0.39, 0.29) is 31.3 Å². The fourth-order valence-electron chi connectivity index (χ4n) is 2.84. The predicted molar refractivity (Wildman–Crippen MR) is 99.3 cm³/mol. The fourth-order valence-corrected chi connectivity index (χ4v) is 2.84. The van der Waals surface area contributed by atoms with Crippen molar-refractivity contribution in [3.8, 4) is 5.75 Å². The second kappa shape index (κ2) is 9.30. The van der Waals surface area contributed by atoms with Crippen molar-refractivity contribution in [2.45, 2.75) is 13.2 Å². The largest absolute Gasteiger partial charge is 0.467 e. The molecule has 0 saturated heterocycles. The number of hydrogen-bond acceptors (Lipinski definition) is 8. The lowest BCUT2D eigenvalue weighted by atomic mass is 10.1. The van der Waals surface area contributed by atoms with Gasteiger partial charge in [0, 0.05) is 42.6 Å². The molecule has 0 radical (unpaired) electrons. The van der Waals surface area contributed by atoms with Gasteiger partial charge in [-0.05, 0) is 18.2 Å². The molecule has 0 saturated carbocycles. The van der Waals surface area contributed by atoms with Crippen molar-refractivity contribution in [3.05, 3.63) is 63.0 Å². The van der Waals surface area contributed by atoms with E-state index in [9.17, 15) is 19.3 Å². The van der Waals surface area contributed by atoms with E-state index in [0.29, 0.717) is 35.7 Å². The highest BCUT2D eigenvalue weighted by molar-refractivity contribution is 5.96. The van der Waals surface area contributed by atoms with Crippen molar-refractivity contribution in [3.63, 3.8) is 0 Å². The summed E-state index contributed by atoms with van der Waals surface area (Å²) in [6.45, 7) is 0.698. The number of esters is 1. The number of halogens is 1. The molecule has 1 aliphatic rings. The second-order valence-electron chi connectivity index (χ2n) is 6.15. The molecule has 29 heavy (non-hydrogen) atoms. The molecule has 0 aliphatic carbocycles. The third kappa shape index (κ3) is 4.98. The van der Waals surface area contributed by atoms with Gasteiger partial charge >= 0.3 is 5.97 Å². The zero-order valence-corrected chi connectivity index (χ0v) is 15.6. The number of ether oxygens (including phenoxy) is 4. The molecule has 0 unspecified atom stereocenters. The summed E-state index contributed by atoms with van der Waals surface area (Å²) in [5.74, 6) is -0.900. The molecule has 0 bridgehead atoms. The Bertz CT molecular complexity index is 920. The molecule has 1 N–H and O–H groups in total. The Morgan fingerprint density at radius 2 is 2.17 bits per heavy atom. The van der Waals surface area contributed by atoms with E-state index in [1.165, 1.54) is 31.4 Å². The van der Waals surface area contributed by atoms with Crippen LogP contribution in [-0.2, 0) is 27.4 Å². The highest BCUT2D eigenvalue weighted by atomic mass is 19.1. The molecule has 0 atom stereocenters. The van der Waals surface area contributed by atoms with Crippen molar-refractivity contribution in [2.24, 2.45) is 0 Å². The van der Waals surface area contributed by atoms with Crippen LogP contribution in [0.25, 0.3) is 0 Å². The molecule has 1 heterocycles. The fraction of sp³-hybridized carbons (Fsp3) is 0.316. The van der Waals surface area contributed by atoms with E-state index in [1.807, 2.05) is 0 Å². The molecule has 10 heteroatoms. The van der Waals surface area contributed by atoms with Crippen LogP contribution < -0.4 is 10.1 Å². The van der Waals surface area contributed by atoms with Crippen molar-refractivity contribution >= 4 is 17.3 Å². The van der Waals surface area contributed by atoms with Crippen LogP contribution >= 0.6 is 0 Å². The SMILES string of the molecule is COCCNc1ccc([N+](=O)[O-])cc1C(=O)OCc1cc(F)cc2c1OCOC2. The average molecular weight is 406 g/mol. The first-order valence-electron chi connectivity index (χ1n) is 8.70. The number of carbonyl (C=O) groups excluding carboxylic acids is 1. The third-order valence-corrected chi connectivity index (χ3v) is 4.17. The first-order valence-corrected chi connectivity index (χ1v) is 8.70. The molecule has 2 aromatic carbocycles. The highest BCUT2D eigenvalue weighted by Gasteiger charge is 2.21. The summed E-state index contributed by atoms with van der Waals surface area (Å²) in [4.78, 5) is 23.1. The quantitative estimate of drug-likeness (QED) is 0.308. The Morgan fingerprint density at radius 3 is 2.93 bits per heavy atom. The number of benzene rings is 2. The number of methoxy groups -OCH3 is 1. The first-order chi connectivity index (χ1) is 14.0. The minimum absolute atomic E-state index is 0.00942. The number of nitro groups is 1. The maximum absolute atomic E-state index is 13.8. The topological polar surface area (TPSA) is 109 Å². The van der Waals surface area contributed by atoms with E-state index in [1.54, 1.807) is 0 Å². The number of anilines is 1. The van der Waals surface area contributed by atoms with Crippen molar-refractivity contribution < 1.29 is 33.1 Å². The van der Waals surface area contributed by atoms with Gasteiger partial charge < -0.3 is 24.3 Å². The summed E-state index contributed by atoms with van der Waals surface area (Å²) < 4.78 is 34.6. The average Bonchev–Trinajstić information content (AvgIpc) is 2.71. The summed E-state index contributed by atoms with van der Waals surface area (Å²) in [7, 11) is 1.53. The molecule has 0 amide bonds. The summed E-state index contributed by atoms with van der Waals surface area (Å²) in [6, 6.07) is 6.33. The smallest absolute Gasteiger partial charge is 0.340 e. The lowest BCUT2D eigenvalue weighted by molar-refractivity contribution is -0.384. The van der Waals surface area contributed by atoms with Crippen LogP contribution in [0.5, 0.6) is 5.75 Å². The maximum atomic E-state index is 13.8. The normalized spacial score (nSPS) is 12.6. The van der Waals surface area contributed by atoms with Crippen LogP contribution in [0.15, 0.2) is 30.3 Å². The number of non-ortho nitro benzene ring substituents is 1. The number of nitrogens with zero attached hydrogens (tertiary/aromatic N) is 1. The zero-order chi connectivity index (χ0) is 20.8. The molecule has 0 fully saturated rings. The van der Waals surface area contributed by atoms with Crippen molar-refractivity contribution in [2.75, 3.05) is 32.4 Å². The minimum Gasteiger partial charge on any atom is -0.467 e. The summed E-state index contributed by atoms with van der Waals surface area (Å²) in [5, 5.41) is 14.0. The summed E-state index contributed by atoms with van der Waals surface area (Å²) in [6.07, 6.45) is 0. The third-order valence-electron chi connectivity index (χ3n) is 4.17. The van der Waals surface area contributed by atoms with E-state index in [2.05, 4.69) is 5.32 Å². The number of carbonyl (C=O) groups is 1. The van der Waals surface area contributed by atoms with Gasteiger partial charge in [-0.15, -0.1) is 0 Å². The van der Waals surface area contributed by atoms with Gasteiger partial charge in [0.15, 0.2) is 6.79 Å². The van der Waals surface area contributed by atoms with Gasteiger partial charge in [-0.2, -0.15) is 0 Å². The highest BCUT2D eigenvalue weighted by Crippen LogP contribution is 2.30. The van der Waals surface area contributed by atoms with Gasteiger partial charge in [0.05, 0.1) is 23.7 Å². The summed E-state index contributed by atoms with van der Waals surface area (Å²) in [5.41, 5.74) is 0.960. The Labute approximate surface area is 165 Å².